The Hall–Kier alpha value is -1.02. The lowest BCUT2D eigenvalue weighted by atomic mass is 10.2. The fourth-order valence-corrected chi connectivity index (χ4v) is 4.29. The van der Waals surface area contributed by atoms with Crippen LogP contribution in [0.2, 0.25) is 0 Å². The second-order valence-corrected chi connectivity index (χ2v) is 7.61. The summed E-state index contributed by atoms with van der Waals surface area (Å²) in [6.07, 6.45) is -5.09. The van der Waals surface area contributed by atoms with Gasteiger partial charge in [0.25, 0.3) is 5.56 Å². The Balaban J connectivity index is 2.49. The van der Waals surface area contributed by atoms with E-state index in [-0.39, 0.29) is 17.4 Å². The third kappa shape index (κ3) is 3.48. The molecule has 2 aromatic rings. The molecule has 3 nitrogen and oxygen atoms in total. The second kappa shape index (κ2) is 6.23. The SMILES string of the molecule is Cc1sc2nc(SCCC(F)(F)F)n(C(C)C)c(=O)c2c1C. The highest BCUT2D eigenvalue weighted by molar-refractivity contribution is 7.99. The summed E-state index contributed by atoms with van der Waals surface area (Å²) in [5.41, 5.74) is 0.732. The number of aryl methyl sites for hydroxylation is 2. The normalized spacial score (nSPS) is 12.5. The number of hydrogen-bond donors (Lipinski definition) is 0. The van der Waals surface area contributed by atoms with Crippen molar-refractivity contribution in [3.63, 3.8) is 0 Å². The molecule has 122 valence electrons. The number of alkyl halides is 3. The number of halogens is 3. The van der Waals surface area contributed by atoms with Crippen LogP contribution in [0.25, 0.3) is 10.2 Å². The van der Waals surface area contributed by atoms with E-state index in [1.165, 1.54) is 15.9 Å². The van der Waals surface area contributed by atoms with E-state index in [2.05, 4.69) is 4.98 Å². The fraction of sp³-hybridized carbons (Fsp3) is 0.571. The van der Waals surface area contributed by atoms with Crippen LogP contribution in [-0.4, -0.2) is 21.5 Å². The fourth-order valence-electron chi connectivity index (χ4n) is 2.10. The second-order valence-electron chi connectivity index (χ2n) is 5.34. The standard InChI is InChI=1S/C14H17F3N2OS2/c1-7(2)19-12(20)10-8(3)9(4)22-11(10)18-13(19)21-6-5-14(15,16)17/h7H,5-6H2,1-4H3. The summed E-state index contributed by atoms with van der Waals surface area (Å²) in [5, 5.41) is 0.939. The van der Waals surface area contributed by atoms with Crippen LogP contribution in [0, 0.1) is 13.8 Å². The Morgan fingerprint density at radius 1 is 1.32 bits per heavy atom. The minimum absolute atomic E-state index is 0.141. The van der Waals surface area contributed by atoms with Gasteiger partial charge in [-0.3, -0.25) is 9.36 Å². The van der Waals surface area contributed by atoms with E-state index in [1.54, 1.807) is 0 Å². The minimum atomic E-state index is -4.20. The van der Waals surface area contributed by atoms with Crippen LogP contribution in [0.15, 0.2) is 9.95 Å². The average Bonchev–Trinajstić information content (AvgIpc) is 2.63. The molecule has 0 atom stereocenters. The molecule has 0 aliphatic heterocycles. The predicted octanol–water partition coefficient (Wildman–Crippen LogP) is 4.70. The van der Waals surface area contributed by atoms with Gasteiger partial charge in [0, 0.05) is 16.7 Å². The highest BCUT2D eigenvalue weighted by atomic mass is 32.2. The molecule has 0 saturated carbocycles. The molecule has 0 N–H and O–H groups in total. The highest BCUT2D eigenvalue weighted by Crippen LogP contribution is 2.31. The first-order valence-electron chi connectivity index (χ1n) is 6.83. The summed E-state index contributed by atoms with van der Waals surface area (Å²) < 4.78 is 38.4. The molecule has 0 saturated heterocycles. The number of nitrogens with zero attached hydrogens (tertiary/aromatic N) is 2. The van der Waals surface area contributed by atoms with Crippen molar-refractivity contribution in [1.29, 1.82) is 0 Å². The highest BCUT2D eigenvalue weighted by Gasteiger charge is 2.27. The number of thioether (sulfide) groups is 1. The first-order chi connectivity index (χ1) is 10.1. The number of thiophene rings is 1. The Morgan fingerprint density at radius 2 is 1.95 bits per heavy atom. The molecule has 0 aliphatic carbocycles. The molecule has 0 unspecified atom stereocenters. The van der Waals surface area contributed by atoms with Crippen molar-refractivity contribution >= 4 is 33.3 Å². The van der Waals surface area contributed by atoms with E-state index in [9.17, 15) is 18.0 Å². The van der Waals surface area contributed by atoms with Crippen molar-refractivity contribution in [1.82, 2.24) is 9.55 Å². The lowest BCUT2D eigenvalue weighted by Crippen LogP contribution is -2.25. The van der Waals surface area contributed by atoms with Gasteiger partial charge in [-0.1, -0.05) is 11.8 Å². The third-order valence-electron chi connectivity index (χ3n) is 3.34. The molecule has 0 aliphatic rings. The van der Waals surface area contributed by atoms with Crippen LogP contribution >= 0.6 is 23.1 Å². The van der Waals surface area contributed by atoms with Crippen molar-refractivity contribution in [2.75, 3.05) is 5.75 Å². The largest absolute Gasteiger partial charge is 0.389 e. The number of hydrogen-bond acceptors (Lipinski definition) is 4. The van der Waals surface area contributed by atoms with E-state index in [0.717, 1.165) is 22.2 Å². The summed E-state index contributed by atoms with van der Waals surface area (Å²) in [4.78, 5) is 18.7. The van der Waals surface area contributed by atoms with Crippen LogP contribution in [0.5, 0.6) is 0 Å². The zero-order valence-electron chi connectivity index (χ0n) is 12.7. The van der Waals surface area contributed by atoms with Gasteiger partial charge in [-0.2, -0.15) is 13.2 Å². The van der Waals surface area contributed by atoms with Gasteiger partial charge in [0.2, 0.25) is 0 Å². The van der Waals surface area contributed by atoms with Gasteiger partial charge in [0.1, 0.15) is 4.83 Å². The molecule has 22 heavy (non-hydrogen) atoms. The predicted molar refractivity (Wildman–Crippen MR) is 85.1 cm³/mol. The molecule has 2 heterocycles. The molecule has 0 amide bonds. The van der Waals surface area contributed by atoms with Crippen molar-refractivity contribution in [3.8, 4) is 0 Å². The van der Waals surface area contributed by atoms with Gasteiger partial charge in [-0.15, -0.1) is 11.3 Å². The Morgan fingerprint density at radius 3 is 2.50 bits per heavy atom. The number of aromatic nitrogens is 2. The molecule has 0 radical (unpaired) electrons. The van der Waals surface area contributed by atoms with Crippen molar-refractivity contribution < 1.29 is 13.2 Å². The Labute approximate surface area is 134 Å². The molecule has 2 aromatic heterocycles. The summed E-state index contributed by atoms with van der Waals surface area (Å²) in [6, 6.07) is -0.155. The van der Waals surface area contributed by atoms with Crippen LogP contribution in [0.1, 0.15) is 36.8 Å². The zero-order chi connectivity index (χ0) is 16.7. The van der Waals surface area contributed by atoms with Crippen LogP contribution in [0.3, 0.4) is 0 Å². The average molecular weight is 350 g/mol. The van der Waals surface area contributed by atoms with Gasteiger partial charge in [-0.05, 0) is 33.3 Å². The summed E-state index contributed by atoms with van der Waals surface area (Å²) in [6.45, 7) is 7.45. The van der Waals surface area contributed by atoms with Crippen LogP contribution in [0.4, 0.5) is 13.2 Å². The smallest absolute Gasteiger partial charge is 0.284 e. The lowest BCUT2D eigenvalue weighted by Gasteiger charge is -2.15. The van der Waals surface area contributed by atoms with Gasteiger partial charge < -0.3 is 0 Å². The molecular formula is C14H17F3N2OS2. The van der Waals surface area contributed by atoms with E-state index in [0.29, 0.717) is 15.4 Å². The Bertz CT molecular complexity index is 747. The lowest BCUT2D eigenvalue weighted by molar-refractivity contribution is -0.129. The maximum absolute atomic E-state index is 12.7. The molecular weight excluding hydrogens is 333 g/mol. The quantitative estimate of drug-likeness (QED) is 0.592. The van der Waals surface area contributed by atoms with E-state index in [4.69, 9.17) is 0 Å². The van der Waals surface area contributed by atoms with Crippen molar-refractivity contribution in [2.24, 2.45) is 0 Å². The summed E-state index contributed by atoms with van der Waals surface area (Å²) >= 11 is 2.39. The first kappa shape index (κ1) is 17.3. The third-order valence-corrected chi connectivity index (χ3v) is 5.39. The summed E-state index contributed by atoms with van der Waals surface area (Å²) in [5.74, 6) is -0.141. The zero-order valence-corrected chi connectivity index (χ0v) is 14.4. The van der Waals surface area contributed by atoms with E-state index < -0.39 is 12.6 Å². The Kier molecular flexibility index (Phi) is 4.91. The maximum Gasteiger partial charge on any atom is 0.389 e. The van der Waals surface area contributed by atoms with E-state index in [1.807, 2.05) is 27.7 Å². The van der Waals surface area contributed by atoms with Gasteiger partial charge >= 0.3 is 6.18 Å². The number of fused-ring (bicyclic) bond motifs is 1. The first-order valence-corrected chi connectivity index (χ1v) is 8.64. The van der Waals surface area contributed by atoms with Gasteiger partial charge in [0.15, 0.2) is 5.16 Å². The van der Waals surface area contributed by atoms with Gasteiger partial charge in [0.05, 0.1) is 11.8 Å². The molecule has 0 spiro atoms. The molecule has 2 rings (SSSR count). The number of rotatable bonds is 4. The van der Waals surface area contributed by atoms with Crippen LogP contribution in [-0.2, 0) is 0 Å². The summed E-state index contributed by atoms with van der Waals surface area (Å²) in [7, 11) is 0. The van der Waals surface area contributed by atoms with Gasteiger partial charge in [-0.25, -0.2) is 4.98 Å². The molecule has 0 fully saturated rings. The van der Waals surface area contributed by atoms with Crippen LogP contribution < -0.4 is 5.56 Å². The van der Waals surface area contributed by atoms with Crippen molar-refractivity contribution in [2.45, 2.75) is 51.5 Å². The topological polar surface area (TPSA) is 34.9 Å². The van der Waals surface area contributed by atoms with E-state index >= 15 is 0 Å². The molecule has 8 heteroatoms. The molecule has 0 aromatic carbocycles. The maximum atomic E-state index is 12.7. The van der Waals surface area contributed by atoms with Crippen molar-refractivity contribution in [3.05, 3.63) is 20.8 Å². The molecule has 0 bridgehead atoms. The monoisotopic (exact) mass is 350 g/mol. The minimum Gasteiger partial charge on any atom is -0.284 e.